The van der Waals surface area contributed by atoms with E-state index in [9.17, 15) is 4.79 Å². The molecule has 2 aliphatic rings. The third-order valence-corrected chi connectivity index (χ3v) is 23.6. The van der Waals surface area contributed by atoms with E-state index in [1.807, 2.05) is 0 Å². The zero-order valence-corrected chi connectivity index (χ0v) is 24.7. The average Bonchev–Trinajstić information content (AvgIpc) is 3.50. The van der Waals surface area contributed by atoms with Crippen LogP contribution in [-0.4, -0.2) is 61.5 Å². The van der Waals surface area contributed by atoms with Gasteiger partial charge in [-0.1, -0.05) is 0 Å². The van der Waals surface area contributed by atoms with Crippen LogP contribution in [-0.2, 0) is 6.42 Å². The van der Waals surface area contributed by atoms with Crippen molar-refractivity contribution in [2.24, 2.45) is 0 Å². The molecule has 1 N–H and O–H groups in total. The molecule has 1 saturated heterocycles. The molecule has 0 unspecified atom stereocenters. The van der Waals surface area contributed by atoms with Gasteiger partial charge in [0.2, 0.25) is 0 Å². The fourth-order valence-corrected chi connectivity index (χ4v) is 22.1. The first-order valence-electron chi connectivity index (χ1n) is 13.9. The number of carbonyl (C=O) groups is 1. The number of carbonyl (C=O) groups excluding carboxylic acids is 1. The standard InChI is InChI=1S/C16H21N2O2.3C4H9.Sn/c1-2-18-9-4-6-13(18)11-17-16(19)14-7-3-5-12-8-10-20-15(12)14;3*1-3-4-2;/h5,7,13H,2,4,6,8-11H2,1H3,(H,17,19);3*1,3-4H2,2H3;/t13-;;;;/m0..../s1. The summed E-state index contributed by atoms with van der Waals surface area (Å²) in [5.74, 6) is 0.955. The third kappa shape index (κ3) is 6.68. The predicted octanol–water partition coefficient (Wildman–Crippen LogP) is 5.89. The van der Waals surface area contributed by atoms with Crippen LogP contribution < -0.4 is 13.6 Å². The number of unbranched alkanes of at least 4 members (excludes halogenated alkanes) is 3. The summed E-state index contributed by atoms with van der Waals surface area (Å²) < 4.78 is 11.9. The van der Waals surface area contributed by atoms with E-state index in [-0.39, 0.29) is 5.91 Å². The quantitative estimate of drug-likeness (QED) is 0.287. The molecule has 1 fully saturated rings. The summed E-state index contributed by atoms with van der Waals surface area (Å²) in [6, 6.07) is 5.28. The summed E-state index contributed by atoms with van der Waals surface area (Å²) in [6.45, 7) is 12.9. The van der Waals surface area contributed by atoms with Crippen LogP contribution in [0.15, 0.2) is 12.1 Å². The minimum absolute atomic E-state index is 0.0830. The zero-order chi connectivity index (χ0) is 23.7. The summed E-state index contributed by atoms with van der Waals surface area (Å²) in [4.78, 5) is 16.0. The number of nitrogens with one attached hydrogen (secondary N) is 1. The first kappa shape index (κ1) is 26.8. The van der Waals surface area contributed by atoms with Crippen LogP contribution in [0, 0.1) is 0 Å². The molecule has 1 aromatic carbocycles. The molecule has 1 atom stereocenters. The van der Waals surface area contributed by atoms with E-state index in [4.69, 9.17) is 4.74 Å². The molecule has 186 valence electrons. The van der Waals surface area contributed by atoms with Gasteiger partial charge in [0.25, 0.3) is 0 Å². The Hall–Kier alpha value is -0.751. The van der Waals surface area contributed by atoms with Gasteiger partial charge < -0.3 is 0 Å². The Morgan fingerprint density at radius 1 is 1.06 bits per heavy atom. The first-order valence-corrected chi connectivity index (χ1v) is 21.4. The van der Waals surface area contributed by atoms with Crippen LogP contribution in [0.5, 0.6) is 5.75 Å². The monoisotopic (exact) mass is 564 g/mol. The van der Waals surface area contributed by atoms with Gasteiger partial charge in [0, 0.05) is 0 Å². The molecule has 2 aliphatic heterocycles. The summed E-state index contributed by atoms with van der Waals surface area (Å²) in [7, 11) is 0. The molecule has 0 bridgehead atoms. The SMILES string of the molecule is CCC[CH2][Sn]([CH2]CCC)([CH2]CCC)[c]1cc2c(c(C(=O)NC[C@@H]3CCCN3CC)c1)OCC2. The Kier molecular flexibility index (Phi) is 10.9. The number of hydrogen-bond acceptors (Lipinski definition) is 3. The van der Waals surface area contributed by atoms with E-state index in [1.54, 1.807) is 3.58 Å². The number of rotatable bonds is 14. The van der Waals surface area contributed by atoms with Gasteiger partial charge in [-0.25, -0.2) is 0 Å². The van der Waals surface area contributed by atoms with Gasteiger partial charge in [-0.3, -0.25) is 0 Å². The van der Waals surface area contributed by atoms with Crippen molar-refractivity contribution >= 4 is 27.9 Å². The van der Waals surface area contributed by atoms with Crippen molar-refractivity contribution in [1.29, 1.82) is 0 Å². The van der Waals surface area contributed by atoms with E-state index in [1.165, 1.54) is 70.2 Å². The zero-order valence-electron chi connectivity index (χ0n) is 21.8. The minimum atomic E-state index is -2.61. The molecule has 1 amide bonds. The number of nitrogens with zero attached hydrogens (tertiary/aromatic N) is 1. The fourth-order valence-electron chi connectivity index (χ4n) is 5.98. The Bertz CT molecular complexity index is 745. The Labute approximate surface area is 207 Å². The maximum atomic E-state index is 13.5. The molecule has 2 heterocycles. The van der Waals surface area contributed by atoms with Crippen LogP contribution in [0.1, 0.15) is 95.0 Å². The van der Waals surface area contributed by atoms with Gasteiger partial charge in [0.15, 0.2) is 0 Å². The molecule has 1 aromatic rings. The number of ether oxygens (including phenoxy) is 1. The van der Waals surface area contributed by atoms with Crippen LogP contribution >= 0.6 is 0 Å². The van der Waals surface area contributed by atoms with Crippen LogP contribution in [0.25, 0.3) is 0 Å². The number of likely N-dealkylation sites (N-methyl/N-ethyl adjacent to an activating group) is 1. The van der Waals surface area contributed by atoms with Gasteiger partial charge >= 0.3 is 208 Å². The molecule has 4 nitrogen and oxygen atoms in total. The van der Waals surface area contributed by atoms with E-state index in [0.29, 0.717) is 12.6 Å². The van der Waals surface area contributed by atoms with E-state index < -0.39 is 18.4 Å². The summed E-state index contributed by atoms with van der Waals surface area (Å²) >= 11 is -2.61. The third-order valence-electron chi connectivity index (χ3n) is 8.07. The van der Waals surface area contributed by atoms with Crippen molar-refractivity contribution < 1.29 is 9.53 Å². The topological polar surface area (TPSA) is 41.6 Å². The number of fused-ring (bicyclic) bond motifs is 1. The molecule has 0 aliphatic carbocycles. The van der Waals surface area contributed by atoms with E-state index in [0.717, 1.165) is 37.4 Å². The van der Waals surface area contributed by atoms with Gasteiger partial charge in [-0.2, -0.15) is 0 Å². The van der Waals surface area contributed by atoms with Gasteiger partial charge in [0.05, 0.1) is 0 Å². The number of likely N-dealkylation sites (tertiary alicyclic amines) is 1. The normalized spacial score (nSPS) is 18.4. The summed E-state index contributed by atoms with van der Waals surface area (Å²) in [5.41, 5.74) is 2.12. The van der Waals surface area contributed by atoms with Crippen LogP contribution in [0.3, 0.4) is 0 Å². The second-order valence-electron chi connectivity index (χ2n) is 10.3. The van der Waals surface area contributed by atoms with Gasteiger partial charge in [-0.15, -0.1) is 0 Å². The van der Waals surface area contributed by atoms with Gasteiger partial charge in [0.1, 0.15) is 0 Å². The number of amides is 1. The van der Waals surface area contributed by atoms with E-state index in [2.05, 4.69) is 50.0 Å². The first-order chi connectivity index (χ1) is 16.1. The molecule has 0 aromatic heterocycles. The molecule has 0 radical (unpaired) electrons. The summed E-state index contributed by atoms with van der Waals surface area (Å²) in [6.07, 6.45) is 11.2. The van der Waals surface area contributed by atoms with Crippen molar-refractivity contribution in [1.82, 2.24) is 10.2 Å². The van der Waals surface area contributed by atoms with Gasteiger partial charge in [-0.05, 0) is 0 Å². The van der Waals surface area contributed by atoms with Crippen molar-refractivity contribution in [2.75, 3.05) is 26.2 Å². The Morgan fingerprint density at radius 2 is 1.73 bits per heavy atom. The maximum absolute atomic E-state index is 13.5. The molecule has 0 spiro atoms. The van der Waals surface area contributed by atoms with Crippen molar-refractivity contribution in [3.8, 4) is 5.75 Å². The molecular formula is C28H48N2O2Sn. The molecule has 5 heteroatoms. The molecule has 0 saturated carbocycles. The number of hydrogen-bond donors (Lipinski definition) is 1. The van der Waals surface area contributed by atoms with Crippen LogP contribution in [0.2, 0.25) is 13.3 Å². The summed E-state index contributed by atoms with van der Waals surface area (Å²) in [5, 5.41) is 3.31. The number of benzene rings is 1. The van der Waals surface area contributed by atoms with E-state index >= 15 is 0 Å². The fraction of sp³-hybridized carbons (Fsp3) is 0.750. The van der Waals surface area contributed by atoms with Crippen molar-refractivity contribution in [2.45, 2.75) is 105 Å². The average molecular weight is 563 g/mol. The molecule has 3 rings (SSSR count). The van der Waals surface area contributed by atoms with Crippen molar-refractivity contribution in [3.63, 3.8) is 0 Å². The Balaban J connectivity index is 1.90. The molecular weight excluding hydrogens is 515 g/mol. The predicted molar refractivity (Wildman–Crippen MR) is 143 cm³/mol. The second-order valence-corrected chi connectivity index (χ2v) is 23.6. The molecule has 33 heavy (non-hydrogen) atoms. The van der Waals surface area contributed by atoms with Crippen LogP contribution in [0.4, 0.5) is 0 Å². The Morgan fingerprint density at radius 3 is 2.33 bits per heavy atom. The van der Waals surface area contributed by atoms with Crippen molar-refractivity contribution in [3.05, 3.63) is 23.3 Å². The second kappa shape index (κ2) is 13.4.